The van der Waals surface area contributed by atoms with Crippen LogP contribution in [-0.4, -0.2) is 20.7 Å². The highest BCUT2D eigenvalue weighted by molar-refractivity contribution is 6.98. The second kappa shape index (κ2) is 6.14. The molecule has 7 aromatic rings. The van der Waals surface area contributed by atoms with E-state index in [-0.39, 0.29) is 6.71 Å². The van der Waals surface area contributed by atoms with E-state index in [0.717, 1.165) is 16.8 Å². The van der Waals surface area contributed by atoms with Gasteiger partial charge < -0.3 is 0 Å². The molecule has 3 heterocycles. The largest absolute Gasteiger partial charge is 0.281 e. The van der Waals surface area contributed by atoms with Gasteiger partial charge >= 0.3 is 0 Å². The number of hydrogen-bond acceptors (Lipinski definition) is 1. The van der Waals surface area contributed by atoms with Gasteiger partial charge in [0.2, 0.25) is 12.5 Å². The normalized spacial score (nSPS) is 12.8. The fourth-order valence-electron chi connectivity index (χ4n) is 5.85. The molecule has 0 fully saturated rings. The predicted molar refractivity (Wildman–Crippen MR) is 138 cm³/mol. The van der Waals surface area contributed by atoms with Crippen molar-refractivity contribution >= 4 is 61.7 Å². The third kappa shape index (κ3) is 2.13. The molecule has 152 valence electrons. The Morgan fingerprint density at radius 1 is 0.606 bits per heavy atom. The van der Waals surface area contributed by atoms with Crippen molar-refractivity contribution in [3.05, 3.63) is 109 Å². The summed E-state index contributed by atoms with van der Waals surface area (Å²) in [5.74, 6) is 0.961. The van der Waals surface area contributed by atoms with Crippen LogP contribution < -0.4 is 16.4 Å². The number of aromatic nitrogens is 3. The minimum absolute atomic E-state index is 0.182. The van der Waals surface area contributed by atoms with E-state index in [9.17, 15) is 0 Å². The van der Waals surface area contributed by atoms with Gasteiger partial charge in [0.05, 0.1) is 22.1 Å². The Hall–Kier alpha value is -4.31. The molecule has 5 aromatic carbocycles. The van der Waals surface area contributed by atoms with E-state index in [1.165, 1.54) is 43.9 Å². The zero-order chi connectivity index (χ0) is 21.5. The van der Waals surface area contributed by atoms with Crippen molar-refractivity contribution in [3.8, 4) is 5.69 Å². The Morgan fingerprint density at radius 2 is 1.39 bits per heavy atom. The van der Waals surface area contributed by atoms with Crippen LogP contribution in [0.15, 0.2) is 109 Å². The number of imidazole rings is 1. The maximum atomic E-state index is 5.15. The van der Waals surface area contributed by atoms with Gasteiger partial charge in [-0.2, -0.15) is 0 Å². The monoisotopic (exact) mass is 419 g/mol. The van der Waals surface area contributed by atoms with Crippen LogP contribution in [-0.2, 0) is 0 Å². The summed E-state index contributed by atoms with van der Waals surface area (Å²) in [5.41, 5.74) is 9.79. The first-order valence-electron chi connectivity index (χ1n) is 11.4. The molecular weight excluding hydrogens is 401 g/mol. The molecule has 0 atom stereocenters. The van der Waals surface area contributed by atoms with E-state index in [0.29, 0.717) is 0 Å². The lowest BCUT2D eigenvalue weighted by Crippen LogP contribution is -2.56. The first kappa shape index (κ1) is 17.3. The standard InChI is InChI=1S/C29H18BN3/c1-2-10-20(11-3-1)30-21-12-4-6-14-24(21)33-28-22(30)18-17-19-9-8-16-26(27(19)28)32-25-15-7-5-13-23(25)31-29(32)33/h1-18H. The summed E-state index contributed by atoms with van der Waals surface area (Å²) in [6, 6.07) is 39.3. The molecule has 2 aromatic heterocycles. The lowest BCUT2D eigenvalue weighted by molar-refractivity contribution is 1.07. The van der Waals surface area contributed by atoms with Crippen molar-refractivity contribution in [1.82, 2.24) is 14.0 Å². The maximum absolute atomic E-state index is 5.15. The Morgan fingerprint density at radius 3 is 2.33 bits per heavy atom. The molecule has 8 rings (SSSR count). The average molecular weight is 419 g/mol. The molecule has 0 amide bonds. The Balaban J connectivity index is 1.69. The van der Waals surface area contributed by atoms with Crippen LogP contribution in [0.4, 0.5) is 0 Å². The number of nitrogens with zero attached hydrogens (tertiary/aromatic N) is 3. The molecule has 1 aliphatic rings. The SMILES string of the molecule is c1ccc(B2c3ccccc3-n3c4c2ccc2cccc(c24)n2c4ccccc4nc32)cc1. The molecule has 0 aliphatic carbocycles. The highest BCUT2D eigenvalue weighted by Crippen LogP contribution is 2.34. The van der Waals surface area contributed by atoms with Crippen molar-refractivity contribution < 1.29 is 0 Å². The van der Waals surface area contributed by atoms with Gasteiger partial charge in [-0.05, 0) is 40.6 Å². The lowest BCUT2D eigenvalue weighted by Gasteiger charge is -2.30. The number of para-hydroxylation sites is 3. The smallest absolute Gasteiger partial charge is 0.246 e. The molecule has 4 heteroatoms. The van der Waals surface area contributed by atoms with E-state index in [2.05, 4.69) is 118 Å². The van der Waals surface area contributed by atoms with Crippen molar-refractivity contribution in [2.24, 2.45) is 0 Å². The molecule has 0 radical (unpaired) electrons. The third-order valence-electron chi connectivity index (χ3n) is 7.17. The van der Waals surface area contributed by atoms with Gasteiger partial charge in [-0.25, -0.2) is 4.98 Å². The fourth-order valence-corrected chi connectivity index (χ4v) is 5.85. The van der Waals surface area contributed by atoms with Crippen LogP contribution in [0.1, 0.15) is 0 Å². The van der Waals surface area contributed by atoms with Gasteiger partial charge in [0, 0.05) is 11.1 Å². The summed E-state index contributed by atoms with van der Waals surface area (Å²) in [7, 11) is 0. The van der Waals surface area contributed by atoms with E-state index < -0.39 is 0 Å². The molecule has 33 heavy (non-hydrogen) atoms. The highest BCUT2D eigenvalue weighted by atomic mass is 15.2. The summed E-state index contributed by atoms with van der Waals surface area (Å²) in [6.07, 6.45) is 0. The average Bonchev–Trinajstić information content (AvgIpc) is 3.27. The number of hydrogen-bond donors (Lipinski definition) is 0. The van der Waals surface area contributed by atoms with Gasteiger partial charge in [-0.15, -0.1) is 0 Å². The molecule has 0 saturated heterocycles. The molecule has 0 N–H and O–H groups in total. The second-order valence-corrected chi connectivity index (χ2v) is 8.85. The van der Waals surface area contributed by atoms with Crippen LogP contribution in [0.2, 0.25) is 0 Å². The minimum Gasteiger partial charge on any atom is -0.281 e. The summed E-state index contributed by atoms with van der Waals surface area (Å²) >= 11 is 0. The van der Waals surface area contributed by atoms with Crippen LogP contribution >= 0.6 is 0 Å². The summed E-state index contributed by atoms with van der Waals surface area (Å²) in [6.45, 7) is 0.182. The van der Waals surface area contributed by atoms with Crippen LogP contribution in [0.25, 0.3) is 44.3 Å². The quantitative estimate of drug-likeness (QED) is 0.362. The molecule has 0 saturated carbocycles. The summed E-state index contributed by atoms with van der Waals surface area (Å²) < 4.78 is 4.72. The van der Waals surface area contributed by atoms with Crippen molar-refractivity contribution in [1.29, 1.82) is 0 Å². The zero-order valence-corrected chi connectivity index (χ0v) is 17.8. The Bertz CT molecular complexity index is 1880. The van der Waals surface area contributed by atoms with E-state index in [1.54, 1.807) is 0 Å². The lowest BCUT2D eigenvalue weighted by atomic mass is 9.35. The van der Waals surface area contributed by atoms with Gasteiger partial charge in [-0.3, -0.25) is 8.97 Å². The fraction of sp³-hybridized carbons (Fsp3) is 0. The van der Waals surface area contributed by atoms with Crippen molar-refractivity contribution in [2.75, 3.05) is 0 Å². The second-order valence-electron chi connectivity index (χ2n) is 8.85. The van der Waals surface area contributed by atoms with Crippen LogP contribution in [0.5, 0.6) is 0 Å². The van der Waals surface area contributed by atoms with Gasteiger partial charge in [0.15, 0.2) is 0 Å². The van der Waals surface area contributed by atoms with E-state index in [1.807, 2.05) is 0 Å². The first-order chi connectivity index (χ1) is 16.4. The van der Waals surface area contributed by atoms with Gasteiger partial charge in [-0.1, -0.05) is 90.4 Å². The Kier molecular flexibility index (Phi) is 3.21. The van der Waals surface area contributed by atoms with Crippen molar-refractivity contribution in [2.45, 2.75) is 0 Å². The number of rotatable bonds is 1. The van der Waals surface area contributed by atoms with Gasteiger partial charge in [0.25, 0.3) is 0 Å². The summed E-state index contributed by atoms with van der Waals surface area (Å²) in [4.78, 5) is 5.15. The Labute approximate surface area is 190 Å². The van der Waals surface area contributed by atoms with Gasteiger partial charge in [0.1, 0.15) is 0 Å². The minimum atomic E-state index is 0.182. The molecular formula is C29H18BN3. The van der Waals surface area contributed by atoms with E-state index >= 15 is 0 Å². The van der Waals surface area contributed by atoms with Crippen LogP contribution in [0, 0.1) is 0 Å². The molecule has 3 nitrogen and oxygen atoms in total. The maximum Gasteiger partial charge on any atom is 0.246 e. The van der Waals surface area contributed by atoms with Crippen molar-refractivity contribution in [3.63, 3.8) is 0 Å². The molecule has 0 unspecified atom stereocenters. The molecule has 0 bridgehead atoms. The number of fused-ring (bicyclic) bond motifs is 7. The topological polar surface area (TPSA) is 22.2 Å². The molecule has 0 spiro atoms. The third-order valence-corrected chi connectivity index (χ3v) is 7.17. The van der Waals surface area contributed by atoms with E-state index in [4.69, 9.17) is 4.98 Å². The predicted octanol–water partition coefficient (Wildman–Crippen LogP) is 4.41. The first-order valence-corrected chi connectivity index (χ1v) is 11.4. The number of benzene rings is 5. The highest BCUT2D eigenvalue weighted by Gasteiger charge is 2.33. The van der Waals surface area contributed by atoms with Crippen LogP contribution in [0.3, 0.4) is 0 Å². The summed E-state index contributed by atoms with van der Waals surface area (Å²) in [5, 5.41) is 2.55. The molecule has 1 aliphatic heterocycles. The zero-order valence-electron chi connectivity index (χ0n) is 17.8.